The number of nitrogens with zero attached hydrogens (tertiary/aromatic N) is 1. The Bertz CT molecular complexity index is 139. The molecule has 0 saturated heterocycles. The highest BCUT2D eigenvalue weighted by molar-refractivity contribution is 7.80. The molecule has 1 rings (SSSR count). The van der Waals surface area contributed by atoms with Crippen molar-refractivity contribution in [1.82, 2.24) is 4.90 Å². The van der Waals surface area contributed by atoms with Gasteiger partial charge in [-0.1, -0.05) is 0 Å². The van der Waals surface area contributed by atoms with Crippen molar-refractivity contribution in [2.24, 2.45) is 5.92 Å². The van der Waals surface area contributed by atoms with Gasteiger partial charge < -0.3 is 9.64 Å². The minimum absolute atomic E-state index is 0.893. The fourth-order valence-corrected chi connectivity index (χ4v) is 1.58. The van der Waals surface area contributed by atoms with Crippen LogP contribution in [0, 0.1) is 5.92 Å². The van der Waals surface area contributed by atoms with Gasteiger partial charge in [-0.2, -0.15) is 12.6 Å². The van der Waals surface area contributed by atoms with Gasteiger partial charge in [-0.15, -0.1) is 0 Å². The van der Waals surface area contributed by atoms with Gasteiger partial charge >= 0.3 is 0 Å². The summed E-state index contributed by atoms with van der Waals surface area (Å²) in [5, 5.41) is 0. The molecular weight excluding hydrogens is 194 g/mol. The third-order valence-electron chi connectivity index (χ3n) is 2.62. The van der Waals surface area contributed by atoms with Crippen molar-refractivity contribution in [3.05, 3.63) is 0 Å². The van der Waals surface area contributed by atoms with Crippen LogP contribution in [0.1, 0.15) is 25.7 Å². The van der Waals surface area contributed by atoms with Gasteiger partial charge in [-0.3, -0.25) is 0 Å². The largest absolute Gasteiger partial charge is 0.380 e. The molecule has 1 fully saturated rings. The first-order valence-corrected chi connectivity index (χ1v) is 6.33. The third-order valence-corrected chi connectivity index (χ3v) is 2.93. The summed E-state index contributed by atoms with van der Waals surface area (Å²) in [7, 11) is 2.17. The van der Waals surface area contributed by atoms with E-state index in [4.69, 9.17) is 4.74 Å². The van der Waals surface area contributed by atoms with Crippen molar-refractivity contribution < 1.29 is 4.74 Å². The Balaban J connectivity index is 1.78. The molecule has 0 heterocycles. The Kier molecular flexibility index (Phi) is 6.65. The highest BCUT2D eigenvalue weighted by Gasteiger charge is 2.20. The number of rotatable bonds is 9. The van der Waals surface area contributed by atoms with Crippen LogP contribution in [0.3, 0.4) is 0 Å². The van der Waals surface area contributed by atoms with Gasteiger partial charge in [0.1, 0.15) is 0 Å². The zero-order valence-corrected chi connectivity index (χ0v) is 10.1. The predicted molar refractivity (Wildman–Crippen MR) is 64.1 cm³/mol. The normalized spacial score (nSPS) is 16.5. The monoisotopic (exact) mass is 217 g/mol. The minimum atomic E-state index is 0.893. The maximum atomic E-state index is 5.58. The molecule has 84 valence electrons. The molecular formula is C11H23NOS. The quantitative estimate of drug-likeness (QED) is 0.469. The first-order valence-electron chi connectivity index (χ1n) is 5.70. The van der Waals surface area contributed by atoms with Gasteiger partial charge in [0.05, 0.1) is 6.61 Å². The second-order valence-corrected chi connectivity index (χ2v) is 4.70. The van der Waals surface area contributed by atoms with Gasteiger partial charge in [-0.25, -0.2) is 0 Å². The Labute approximate surface area is 93.4 Å². The van der Waals surface area contributed by atoms with Crippen LogP contribution in [-0.4, -0.2) is 44.0 Å². The standard InChI is InChI=1S/C11H23NOS/c1-12(6-2-3-9-14)7-8-13-10-11-4-5-11/h11,14H,2-10H2,1H3. The molecule has 0 unspecified atom stereocenters. The van der Waals surface area contributed by atoms with E-state index in [9.17, 15) is 0 Å². The molecule has 0 aromatic heterocycles. The lowest BCUT2D eigenvalue weighted by Gasteiger charge is -2.15. The van der Waals surface area contributed by atoms with E-state index in [2.05, 4.69) is 24.6 Å². The van der Waals surface area contributed by atoms with Gasteiger partial charge in [-0.05, 0) is 50.9 Å². The maximum Gasteiger partial charge on any atom is 0.0593 e. The third kappa shape index (κ3) is 6.68. The molecule has 0 amide bonds. The Morgan fingerprint density at radius 3 is 2.71 bits per heavy atom. The lowest BCUT2D eigenvalue weighted by molar-refractivity contribution is 0.103. The zero-order chi connectivity index (χ0) is 10.2. The molecule has 1 saturated carbocycles. The Morgan fingerprint density at radius 2 is 2.07 bits per heavy atom. The van der Waals surface area contributed by atoms with Crippen LogP contribution >= 0.6 is 12.6 Å². The summed E-state index contributed by atoms with van der Waals surface area (Å²) in [5.41, 5.74) is 0. The molecule has 2 nitrogen and oxygen atoms in total. The molecule has 0 aliphatic heterocycles. The Hall–Kier alpha value is 0.270. The maximum absolute atomic E-state index is 5.58. The van der Waals surface area contributed by atoms with Crippen LogP contribution in [0.4, 0.5) is 0 Å². The van der Waals surface area contributed by atoms with Crippen molar-refractivity contribution in [2.45, 2.75) is 25.7 Å². The number of likely N-dealkylation sites (N-methyl/N-ethyl adjacent to an activating group) is 1. The fraction of sp³-hybridized carbons (Fsp3) is 1.00. The molecule has 0 aromatic carbocycles. The van der Waals surface area contributed by atoms with Crippen LogP contribution in [0.25, 0.3) is 0 Å². The van der Waals surface area contributed by atoms with E-state index in [0.717, 1.165) is 31.4 Å². The van der Waals surface area contributed by atoms with Crippen LogP contribution in [0.2, 0.25) is 0 Å². The van der Waals surface area contributed by atoms with Gasteiger partial charge in [0.2, 0.25) is 0 Å². The average molecular weight is 217 g/mol. The lowest BCUT2D eigenvalue weighted by Crippen LogP contribution is -2.24. The molecule has 1 aliphatic carbocycles. The summed E-state index contributed by atoms with van der Waals surface area (Å²) >= 11 is 4.19. The second-order valence-electron chi connectivity index (χ2n) is 4.25. The summed E-state index contributed by atoms with van der Waals surface area (Å²) in [6, 6.07) is 0. The van der Waals surface area contributed by atoms with Gasteiger partial charge in [0.15, 0.2) is 0 Å². The molecule has 0 N–H and O–H groups in total. The molecule has 3 heteroatoms. The number of hydrogen-bond donors (Lipinski definition) is 1. The van der Waals surface area contributed by atoms with E-state index in [-0.39, 0.29) is 0 Å². The highest BCUT2D eigenvalue weighted by Crippen LogP contribution is 2.28. The van der Waals surface area contributed by atoms with Crippen LogP contribution in [0.15, 0.2) is 0 Å². The SMILES string of the molecule is CN(CCCCS)CCOCC1CC1. The topological polar surface area (TPSA) is 12.5 Å². The molecule has 1 aliphatic rings. The highest BCUT2D eigenvalue weighted by atomic mass is 32.1. The van der Waals surface area contributed by atoms with E-state index in [1.165, 1.54) is 32.2 Å². The minimum Gasteiger partial charge on any atom is -0.380 e. The lowest BCUT2D eigenvalue weighted by atomic mass is 10.3. The first-order chi connectivity index (χ1) is 6.83. The number of unbranched alkanes of at least 4 members (excludes halogenated alkanes) is 1. The molecule has 0 aromatic rings. The van der Waals surface area contributed by atoms with Crippen LogP contribution in [0.5, 0.6) is 0 Å². The first kappa shape index (κ1) is 12.3. The fourth-order valence-electron chi connectivity index (χ4n) is 1.36. The van der Waals surface area contributed by atoms with Crippen molar-refractivity contribution in [2.75, 3.05) is 39.1 Å². The zero-order valence-electron chi connectivity index (χ0n) is 9.24. The molecule has 0 radical (unpaired) electrons. The summed E-state index contributed by atoms with van der Waals surface area (Å²) in [6.07, 6.45) is 5.24. The molecule has 0 spiro atoms. The summed E-state index contributed by atoms with van der Waals surface area (Å²) in [4.78, 5) is 2.34. The predicted octanol–water partition coefficient (Wildman–Crippen LogP) is 2.05. The average Bonchev–Trinajstić information content (AvgIpc) is 2.97. The van der Waals surface area contributed by atoms with E-state index < -0.39 is 0 Å². The summed E-state index contributed by atoms with van der Waals surface area (Å²) in [6.45, 7) is 4.13. The number of thiol groups is 1. The summed E-state index contributed by atoms with van der Waals surface area (Å²) in [5.74, 6) is 1.90. The van der Waals surface area contributed by atoms with E-state index in [1.54, 1.807) is 0 Å². The number of hydrogen-bond acceptors (Lipinski definition) is 3. The molecule has 0 atom stereocenters. The van der Waals surface area contributed by atoms with Crippen LogP contribution < -0.4 is 0 Å². The molecule has 14 heavy (non-hydrogen) atoms. The van der Waals surface area contributed by atoms with E-state index in [0.29, 0.717) is 0 Å². The van der Waals surface area contributed by atoms with Crippen molar-refractivity contribution in [1.29, 1.82) is 0 Å². The van der Waals surface area contributed by atoms with Crippen molar-refractivity contribution >= 4 is 12.6 Å². The summed E-state index contributed by atoms with van der Waals surface area (Å²) < 4.78 is 5.58. The van der Waals surface area contributed by atoms with Gasteiger partial charge in [0, 0.05) is 13.2 Å². The van der Waals surface area contributed by atoms with E-state index >= 15 is 0 Å². The van der Waals surface area contributed by atoms with Crippen molar-refractivity contribution in [3.8, 4) is 0 Å². The van der Waals surface area contributed by atoms with E-state index in [1.807, 2.05) is 0 Å². The van der Waals surface area contributed by atoms with Crippen molar-refractivity contribution in [3.63, 3.8) is 0 Å². The number of ether oxygens (including phenoxy) is 1. The Morgan fingerprint density at radius 1 is 1.29 bits per heavy atom. The second kappa shape index (κ2) is 7.55. The molecule has 0 bridgehead atoms. The van der Waals surface area contributed by atoms with Crippen LogP contribution in [-0.2, 0) is 4.74 Å². The van der Waals surface area contributed by atoms with Gasteiger partial charge in [0.25, 0.3) is 0 Å². The smallest absolute Gasteiger partial charge is 0.0593 e.